The van der Waals surface area contributed by atoms with Crippen molar-refractivity contribution in [1.29, 1.82) is 0 Å². The van der Waals surface area contributed by atoms with Crippen molar-refractivity contribution in [2.45, 2.75) is 32.7 Å². The molecular weight excluding hydrogens is 252 g/mol. The van der Waals surface area contributed by atoms with E-state index >= 15 is 0 Å². The van der Waals surface area contributed by atoms with E-state index in [0.29, 0.717) is 23.1 Å². The van der Waals surface area contributed by atoms with Crippen LogP contribution < -0.4 is 0 Å². The van der Waals surface area contributed by atoms with Crippen LogP contribution >= 0.6 is 0 Å². The number of rotatable bonds is 4. The molecule has 1 fully saturated rings. The Kier molecular flexibility index (Phi) is 4.75. The molecule has 20 heavy (non-hydrogen) atoms. The van der Waals surface area contributed by atoms with Crippen molar-refractivity contribution in [1.82, 2.24) is 9.88 Å². The second kappa shape index (κ2) is 6.53. The fraction of sp³-hybridized carbons (Fsp3) is 0.500. The summed E-state index contributed by atoms with van der Waals surface area (Å²) >= 11 is 0. The van der Waals surface area contributed by atoms with Crippen molar-refractivity contribution in [2.24, 2.45) is 5.92 Å². The van der Waals surface area contributed by atoms with Gasteiger partial charge in [-0.2, -0.15) is 0 Å². The third-order valence-corrected chi connectivity index (χ3v) is 3.11. The minimum absolute atomic E-state index is 0.0290. The lowest BCUT2D eigenvalue weighted by Crippen LogP contribution is -2.36. The van der Waals surface area contributed by atoms with Crippen molar-refractivity contribution in [3.8, 4) is 11.8 Å². The highest BCUT2D eigenvalue weighted by atomic mass is 16.2. The first-order chi connectivity index (χ1) is 9.61. The van der Waals surface area contributed by atoms with Gasteiger partial charge in [-0.1, -0.05) is 25.7 Å². The number of hydrogen-bond acceptors (Lipinski definition) is 3. The van der Waals surface area contributed by atoms with Gasteiger partial charge in [-0.25, -0.2) is 0 Å². The molecule has 1 aliphatic rings. The zero-order valence-corrected chi connectivity index (χ0v) is 12.0. The first-order valence-electron chi connectivity index (χ1n) is 6.97. The molecule has 2 rings (SSSR count). The molecule has 0 bridgehead atoms. The van der Waals surface area contributed by atoms with Crippen LogP contribution in [0.4, 0.5) is 0 Å². The standard InChI is InChI=1S/C16H20N2O2/c1-12(2)11-18(15-5-6-15)16(20)14-8-13(4-3-7-19)9-17-10-14/h8-10,12,15,19H,5-7,11H2,1-2H3. The summed E-state index contributed by atoms with van der Waals surface area (Å²) in [5.74, 6) is 5.83. The van der Waals surface area contributed by atoms with Gasteiger partial charge in [0.2, 0.25) is 0 Å². The molecule has 4 heteroatoms. The van der Waals surface area contributed by atoms with Crippen LogP contribution in [0.5, 0.6) is 0 Å². The van der Waals surface area contributed by atoms with Gasteiger partial charge in [0.1, 0.15) is 6.61 Å². The fourth-order valence-electron chi connectivity index (χ4n) is 2.11. The van der Waals surface area contributed by atoms with Crippen molar-refractivity contribution < 1.29 is 9.90 Å². The minimum atomic E-state index is -0.195. The van der Waals surface area contributed by atoms with Crippen LogP contribution in [0, 0.1) is 17.8 Å². The lowest BCUT2D eigenvalue weighted by Gasteiger charge is -2.24. The lowest BCUT2D eigenvalue weighted by molar-refractivity contribution is 0.0722. The Morgan fingerprint density at radius 3 is 2.85 bits per heavy atom. The van der Waals surface area contributed by atoms with Gasteiger partial charge < -0.3 is 10.0 Å². The number of aliphatic hydroxyl groups excluding tert-OH is 1. The summed E-state index contributed by atoms with van der Waals surface area (Å²) < 4.78 is 0. The predicted molar refractivity (Wildman–Crippen MR) is 77.1 cm³/mol. The Labute approximate surface area is 119 Å². The second-order valence-corrected chi connectivity index (χ2v) is 5.50. The zero-order chi connectivity index (χ0) is 14.5. The summed E-state index contributed by atoms with van der Waals surface area (Å²) in [6.07, 6.45) is 5.37. The van der Waals surface area contributed by atoms with Gasteiger partial charge in [-0.05, 0) is 24.8 Å². The largest absolute Gasteiger partial charge is 0.384 e. The molecule has 0 aromatic carbocycles. The highest BCUT2D eigenvalue weighted by Gasteiger charge is 2.33. The molecule has 0 unspecified atom stereocenters. The van der Waals surface area contributed by atoms with E-state index in [0.717, 1.165) is 19.4 Å². The number of nitrogens with zero attached hydrogens (tertiary/aromatic N) is 2. The number of hydrogen-bond donors (Lipinski definition) is 1. The molecule has 1 aliphatic carbocycles. The molecule has 1 aromatic rings. The molecule has 1 aromatic heterocycles. The number of amides is 1. The van der Waals surface area contributed by atoms with Gasteiger partial charge in [-0.15, -0.1) is 0 Å². The van der Waals surface area contributed by atoms with E-state index in [-0.39, 0.29) is 12.5 Å². The summed E-state index contributed by atoms with van der Waals surface area (Å²) in [6.45, 7) is 4.81. The smallest absolute Gasteiger partial charge is 0.255 e. The molecule has 4 nitrogen and oxygen atoms in total. The average molecular weight is 272 g/mol. The monoisotopic (exact) mass is 272 g/mol. The van der Waals surface area contributed by atoms with Gasteiger partial charge >= 0.3 is 0 Å². The fourth-order valence-corrected chi connectivity index (χ4v) is 2.11. The quantitative estimate of drug-likeness (QED) is 0.849. The second-order valence-electron chi connectivity index (χ2n) is 5.50. The third kappa shape index (κ3) is 3.82. The molecular formula is C16H20N2O2. The van der Waals surface area contributed by atoms with E-state index in [1.807, 2.05) is 4.90 Å². The van der Waals surface area contributed by atoms with Crippen molar-refractivity contribution in [3.63, 3.8) is 0 Å². The molecule has 0 aliphatic heterocycles. The summed E-state index contributed by atoms with van der Waals surface area (Å²) in [4.78, 5) is 18.6. The van der Waals surface area contributed by atoms with E-state index < -0.39 is 0 Å². The van der Waals surface area contributed by atoms with Crippen molar-refractivity contribution >= 4 is 5.91 Å². The maximum atomic E-state index is 12.6. The Hall–Kier alpha value is -1.86. The predicted octanol–water partition coefficient (Wildman–Crippen LogP) is 1.69. The van der Waals surface area contributed by atoms with E-state index in [1.54, 1.807) is 18.5 Å². The number of carbonyl (C=O) groups is 1. The highest BCUT2D eigenvalue weighted by molar-refractivity contribution is 5.94. The highest BCUT2D eigenvalue weighted by Crippen LogP contribution is 2.29. The van der Waals surface area contributed by atoms with E-state index in [2.05, 4.69) is 30.7 Å². The average Bonchev–Trinajstić information content (AvgIpc) is 3.26. The molecule has 1 saturated carbocycles. The summed E-state index contributed by atoms with van der Waals surface area (Å²) in [5.41, 5.74) is 1.23. The summed E-state index contributed by atoms with van der Waals surface area (Å²) in [5, 5.41) is 8.71. The molecule has 1 N–H and O–H groups in total. The lowest BCUT2D eigenvalue weighted by atomic mass is 10.1. The number of aromatic nitrogens is 1. The van der Waals surface area contributed by atoms with Crippen LogP contribution in [0.25, 0.3) is 0 Å². The first-order valence-corrected chi connectivity index (χ1v) is 6.97. The molecule has 0 saturated heterocycles. The van der Waals surface area contributed by atoms with Crippen LogP contribution in [-0.4, -0.2) is 40.1 Å². The zero-order valence-electron chi connectivity index (χ0n) is 12.0. The van der Waals surface area contributed by atoms with Crippen LogP contribution in [0.2, 0.25) is 0 Å². The molecule has 1 heterocycles. The normalized spacial score (nSPS) is 13.8. The van der Waals surface area contributed by atoms with Crippen LogP contribution in [0.15, 0.2) is 18.5 Å². The maximum Gasteiger partial charge on any atom is 0.255 e. The van der Waals surface area contributed by atoms with Gasteiger partial charge in [0.15, 0.2) is 0 Å². The Balaban J connectivity index is 2.18. The molecule has 0 spiro atoms. The Bertz CT molecular complexity index is 539. The molecule has 0 atom stereocenters. The topological polar surface area (TPSA) is 53.4 Å². The van der Waals surface area contributed by atoms with Gasteiger partial charge in [-0.3, -0.25) is 9.78 Å². The van der Waals surface area contributed by atoms with E-state index in [1.165, 1.54) is 0 Å². The number of aliphatic hydroxyl groups is 1. The van der Waals surface area contributed by atoms with Gasteiger partial charge in [0, 0.05) is 30.5 Å². The van der Waals surface area contributed by atoms with Crippen LogP contribution in [0.1, 0.15) is 42.6 Å². The first kappa shape index (κ1) is 14.5. The third-order valence-electron chi connectivity index (χ3n) is 3.11. The van der Waals surface area contributed by atoms with Crippen molar-refractivity contribution in [2.75, 3.05) is 13.2 Å². The molecule has 0 radical (unpaired) electrons. The molecule has 1 amide bonds. The van der Waals surface area contributed by atoms with Crippen molar-refractivity contribution in [3.05, 3.63) is 29.6 Å². The van der Waals surface area contributed by atoms with E-state index in [4.69, 9.17) is 5.11 Å². The summed E-state index contributed by atoms with van der Waals surface area (Å²) in [7, 11) is 0. The summed E-state index contributed by atoms with van der Waals surface area (Å²) in [6, 6.07) is 2.13. The minimum Gasteiger partial charge on any atom is -0.384 e. The SMILES string of the molecule is CC(C)CN(C(=O)c1cncc(C#CCO)c1)C1CC1. The van der Waals surface area contributed by atoms with Gasteiger partial charge in [0.25, 0.3) is 5.91 Å². The van der Waals surface area contributed by atoms with E-state index in [9.17, 15) is 4.79 Å². The van der Waals surface area contributed by atoms with Crippen LogP contribution in [0.3, 0.4) is 0 Å². The van der Waals surface area contributed by atoms with Gasteiger partial charge in [0.05, 0.1) is 5.56 Å². The number of pyridine rings is 1. The maximum absolute atomic E-state index is 12.6. The number of carbonyl (C=O) groups excluding carboxylic acids is 1. The Morgan fingerprint density at radius 2 is 2.25 bits per heavy atom. The Morgan fingerprint density at radius 1 is 1.50 bits per heavy atom. The van der Waals surface area contributed by atoms with Crippen LogP contribution in [-0.2, 0) is 0 Å². The molecule has 106 valence electrons.